The summed E-state index contributed by atoms with van der Waals surface area (Å²) in [5.74, 6) is 0. The molecule has 0 aromatic carbocycles. The second-order valence-corrected chi connectivity index (χ2v) is 4.60. The SMILES string of the molecule is CCN(CC)C(C)(C)C(N)C=C(C)C. The van der Waals surface area contributed by atoms with Crippen LogP contribution in [-0.2, 0) is 0 Å². The average molecular weight is 198 g/mol. The summed E-state index contributed by atoms with van der Waals surface area (Å²) in [7, 11) is 0. The molecule has 2 nitrogen and oxygen atoms in total. The van der Waals surface area contributed by atoms with Crippen LogP contribution >= 0.6 is 0 Å². The van der Waals surface area contributed by atoms with Gasteiger partial charge in [0.2, 0.25) is 0 Å². The van der Waals surface area contributed by atoms with E-state index in [1.54, 1.807) is 0 Å². The van der Waals surface area contributed by atoms with Crippen molar-refractivity contribution in [3.8, 4) is 0 Å². The van der Waals surface area contributed by atoms with E-state index in [1.807, 2.05) is 0 Å². The summed E-state index contributed by atoms with van der Waals surface area (Å²) in [6.07, 6.45) is 2.15. The summed E-state index contributed by atoms with van der Waals surface area (Å²) in [4.78, 5) is 2.40. The molecule has 0 saturated carbocycles. The van der Waals surface area contributed by atoms with Gasteiger partial charge in [-0.15, -0.1) is 0 Å². The molecule has 0 amide bonds. The Hall–Kier alpha value is -0.340. The van der Waals surface area contributed by atoms with Gasteiger partial charge in [-0.1, -0.05) is 25.5 Å². The molecule has 0 aromatic heterocycles. The maximum absolute atomic E-state index is 6.19. The molecule has 0 aliphatic heterocycles. The second kappa shape index (κ2) is 5.52. The fourth-order valence-corrected chi connectivity index (χ4v) is 1.81. The summed E-state index contributed by atoms with van der Waals surface area (Å²) in [5, 5.41) is 0. The van der Waals surface area contributed by atoms with E-state index in [0.717, 1.165) is 13.1 Å². The van der Waals surface area contributed by atoms with Gasteiger partial charge in [0.1, 0.15) is 0 Å². The van der Waals surface area contributed by atoms with Crippen LogP contribution in [0.4, 0.5) is 0 Å². The van der Waals surface area contributed by atoms with E-state index in [9.17, 15) is 0 Å². The Labute approximate surface area is 89.2 Å². The molecule has 14 heavy (non-hydrogen) atoms. The van der Waals surface area contributed by atoms with E-state index in [4.69, 9.17) is 5.73 Å². The van der Waals surface area contributed by atoms with Crippen LogP contribution in [0.3, 0.4) is 0 Å². The van der Waals surface area contributed by atoms with Crippen molar-refractivity contribution in [2.45, 2.75) is 53.1 Å². The monoisotopic (exact) mass is 198 g/mol. The van der Waals surface area contributed by atoms with Gasteiger partial charge in [0.05, 0.1) is 0 Å². The zero-order chi connectivity index (χ0) is 11.4. The molecule has 0 rings (SSSR count). The minimum atomic E-state index is 0.0424. The van der Waals surface area contributed by atoms with Crippen molar-refractivity contribution < 1.29 is 0 Å². The Bertz CT molecular complexity index is 186. The fraction of sp³-hybridized carbons (Fsp3) is 0.833. The van der Waals surface area contributed by atoms with Crippen LogP contribution in [0, 0.1) is 0 Å². The molecule has 1 unspecified atom stereocenters. The van der Waals surface area contributed by atoms with Crippen molar-refractivity contribution in [2.75, 3.05) is 13.1 Å². The first-order chi connectivity index (χ1) is 6.36. The Kier molecular flexibility index (Phi) is 5.38. The normalized spacial score (nSPS) is 14.3. The van der Waals surface area contributed by atoms with Gasteiger partial charge < -0.3 is 5.73 Å². The Morgan fingerprint density at radius 3 is 2.00 bits per heavy atom. The Morgan fingerprint density at radius 2 is 1.71 bits per heavy atom. The van der Waals surface area contributed by atoms with E-state index in [1.165, 1.54) is 5.57 Å². The highest BCUT2D eigenvalue weighted by molar-refractivity contribution is 5.08. The molecule has 0 spiro atoms. The van der Waals surface area contributed by atoms with Gasteiger partial charge >= 0.3 is 0 Å². The lowest BCUT2D eigenvalue weighted by Crippen LogP contribution is -2.55. The lowest BCUT2D eigenvalue weighted by atomic mass is 9.91. The van der Waals surface area contributed by atoms with Gasteiger partial charge in [0.15, 0.2) is 0 Å². The molecule has 1 atom stereocenters. The molecule has 0 bridgehead atoms. The molecule has 2 heteroatoms. The van der Waals surface area contributed by atoms with E-state index >= 15 is 0 Å². The Balaban J connectivity index is 4.65. The fourth-order valence-electron chi connectivity index (χ4n) is 1.81. The molecule has 0 aliphatic carbocycles. The number of likely N-dealkylation sites (N-methyl/N-ethyl adjacent to an activating group) is 1. The largest absolute Gasteiger partial charge is 0.323 e. The van der Waals surface area contributed by atoms with Crippen LogP contribution in [0.15, 0.2) is 11.6 Å². The third kappa shape index (κ3) is 3.43. The molecule has 0 radical (unpaired) electrons. The van der Waals surface area contributed by atoms with Gasteiger partial charge in [0.25, 0.3) is 0 Å². The van der Waals surface area contributed by atoms with E-state index in [0.29, 0.717) is 0 Å². The molecule has 2 N–H and O–H groups in total. The molecule has 0 aliphatic rings. The maximum atomic E-state index is 6.19. The van der Waals surface area contributed by atoms with Gasteiger partial charge in [0, 0.05) is 11.6 Å². The van der Waals surface area contributed by atoms with Crippen LogP contribution in [0.1, 0.15) is 41.5 Å². The van der Waals surface area contributed by atoms with Crippen molar-refractivity contribution in [2.24, 2.45) is 5.73 Å². The van der Waals surface area contributed by atoms with Crippen LogP contribution < -0.4 is 5.73 Å². The lowest BCUT2D eigenvalue weighted by Gasteiger charge is -2.40. The molecule has 0 saturated heterocycles. The summed E-state index contributed by atoms with van der Waals surface area (Å²) in [6, 6.07) is 0.104. The van der Waals surface area contributed by atoms with Gasteiger partial charge in [-0.25, -0.2) is 0 Å². The molecule has 0 aromatic rings. The van der Waals surface area contributed by atoms with E-state index < -0.39 is 0 Å². The second-order valence-electron chi connectivity index (χ2n) is 4.60. The van der Waals surface area contributed by atoms with Crippen molar-refractivity contribution in [3.05, 3.63) is 11.6 Å². The molecule has 84 valence electrons. The van der Waals surface area contributed by atoms with Crippen molar-refractivity contribution in [3.63, 3.8) is 0 Å². The molecule has 0 heterocycles. The van der Waals surface area contributed by atoms with E-state index in [-0.39, 0.29) is 11.6 Å². The molecular formula is C12H26N2. The maximum Gasteiger partial charge on any atom is 0.0408 e. The zero-order valence-electron chi connectivity index (χ0n) is 10.6. The number of nitrogens with two attached hydrogens (primary N) is 1. The van der Waals surface area contributed by atoms with Crippen molar-refractivity contribution in [1.82, 2.24) is 4.90 Å². The van der Waals surface area contributed by atoms with Crippen LogP contribution in [0.5, 0.6) is 0 Å². The zero-order valence-corrected chi connectivity index (χ0v) is 10.6. The van der Waals surface area contributed by atoms with E-state index in [2.05, 4.69) is 52.5 Å². The van der Waals surface area contributed by atoms with Gasteiger partial charge in [-0.2, -0.15) is 0 Å². The summed E-state index contributed by atoms with van der Waals surface area (Å²) < 4.78 is 0. The van der Waals surface area contributed by atoms with Crippen molar-refractivity contribution in [1.29, 1.82) is 0 Å². The average Bonchev–Trinajstić information content (AvgIpc) is 2.04. The summed E-state index contributed by atoms with van der Waals surface area (Å²) in [6.45, 7) is 15.1. The van der Waals surface area contributed by atoms with Gasteiger partial charge in [-0.3, -0.25) is 4.90 Å². The standard InChI is InChI=1S/C12H26N2/c1-7-14(8-2)12(5,6)11(13)9-10(3)4/h9,11H,7-8,13H2,1-6H3. The lowest BCUT2D eigenvalue weighted by molar-refractivity contribution is 0.121. The minimum absolute atomic E-state index is 0.0424. The summed E-state index contributed by atoms with van der Waals surface area (Å²) in [5.41, 5.74) is 7.52. The highest BCUT2D eigenvalue weighted by Gasteiger charge is 2.29. The summed E-state index contributed by atoms with van der Waals surface area (Å²) >= 11 is 0. The third-order valence-corrected chi connectivity index (χ3v) is 2.91. The smallest absolute Gasteiger partial charge is 0.0408 e. The predicted octanol–water partition coefficient (Wildman–Crippen LogP) is 2.40. The number of allylic oxidation sites excluding steroid dienone is 1. The molecular weight excluding hydrogens is 172 g/mol. The molecule has 0 fully saturated rings. The number of rotatable bonds is 5. The predicted molar refractivity (Wildman–Crippen MR) is 64.4 cm³/mol. The van der Waals surface area contributed by atoms with Crippen LogP contribution in [-0.4, -0.2) is 29.6 Å². The topological polar surface area (TPSA) is 29.3 Å². The first kappa shape index (κ1) is 13.7. The number of hydrogen-bond acceptors (Lipinski definition) is 2. The highest BCUT2D eigenvalue weighted by Crippen LogP contribution is 2.18. The first-order valence-corrected chi connectivity index (χ1v) is 5.51. The van der Waals surface area contributed by atoms with Crippen molar-refractivity contribution >= 4 is 0 Å². The third-order valence-electron chi connectivity index (χ3n) is 2.91. The number of hydrogen-bond donors (Lipinski definition) is 1. The minimum Gasteiger partial charge on any atom is -0.323 e. The van der Waals surface area contributed by atoms with Gasteiger partial charge in [-0.05, 0) is 40.8 Å². The Morgan fingerprint density at radius 1 is 1.29 bits per heavy atom. The quantitative estimate of drug-likeness (QED) is 0.687. The number of nitrogens with zero attached hydrogens (tertiary/aromatic N) is 1. The van der Waals surface area contributed by atoms with Crippen LogP contribution in [0.2, 0.25) is 0 Å². The van der Waals surface area contributed by atoms with Crippen LogP contribution in [0.25, 0.3) is 0 Å². The first-order valence-electron chi connectivity index (χ1n) is 5.51. The highest BCUT2D eigenvalue weighted by atomic mass is 15.2.